The summed E-state index contributed by atoms with van der Waals surface area (Å²) in [5.74, 6) is 0.427. The number of nitrogens with one attached hydrogen (secondary N) is 1. The van der Waals surface area contributed by atoms with Crippen molar-refractivity contribution in [1.82, 2.24) is 9.62 Å². The Morgan fingerprint density at radius 3 is 2.25 bits per heavy atom. The summed E-state index contributed by atoms with van der Waals surface area (Å²) in [7, 11) is -1.78. The highest BCUT2D eigenvalue weighted by molar-refractivity contribution is 7.89. The third-order valence-corrected chi connectivity index (χ3v) is 6.62. The van der Waals surface area contributed by atoms with Gasteiger partial charge in [0.25, 0.3) is 5.91 Å². The maximum absolute atomic E-state index is 12.6. The number of carbonyl (C=O) groups excluding carboxylic acids is 1. The summed E-state index contributed by atoms with van der Waals surface area (Å²) in [5, 5.41) is 2.67. The SMILES string of the molecule is COc1ccc(N2CCN(S(=O)(=O)CCNC(=O)c3ccccc3)CC2)cc1. The lowest BCUT2D eigenvalue weighted by Gasteiger charge is -2.35. The minimum Gasteiger partial charge on any atom is -0.497 e. The highest BCUT2D eigenvalue weighted by Crippen LogP contribution is 2.21. The van der Waals surface area contributed by atoms with E-state index >= 15 is 0 Å². The van der Waals surface area contributed by atoms with E-state index in [1.165, 1.54) is 4.31 Å². The number of benzene rings is 2. The Hall–Kier alpha value is -2.58. The highest BCUT2D eigenvalue weighted by Gasteiger charge is 2.26. The van der Waals surface area contributed by atoms with E-state index in [1.54, 1.807) is 31.4 Å². The molecule has 0 saturated carbocycles. The second kappa shape index (κ2) is 9.07. The first-order valence-electron chi connectivity index (χ1n) is 9.20. The maximum Gasteiger partial charge on any atom is 0.251 e. The number of sulfonamides is 1. The summed E-state index contributed by atoms with van der Waals surface area (Å²) in [4.78, 5) is 14.2. The fourth-order valence-electron chi connectivity index (χ4n) is 3.13. The molecule has 1 aliphatic rings. The summed E-state index contributed by atoms with van der Waals surface area (Å²) in [5.41, 5.74) is 1.57. The normalized spacial score (nSPS) is 15.2. The van der Waals surface area contributed by atoms with Gasteiger partial charge >= 0.3 is 0 Å². The molecular weight excluding hydrogens is 378 g/mol. The van der Waals surface area contributed by atoms with Crippen molar-refractivity contribution in [2.75, 3.05) is 50.5 Å². The van der Waals surface area contributed by atoms with Crippen molar-refractivity contribution >= 4 is 21.6 Å². The molecule has 0 atom stereocenters. The van der Waals surface area contributed by atoms with Gasteiger partial charge in [0.1, 0.15) is 5.75 Å². The third-order valence-electron chi connectivity index (χ3n) is 4.75. The van der Waals surface area contributed by atoms with Gasteiger partial charge < -0.3 is 15.0 Å². The summed E-state index contributed by atoms with van der Waals surface area (Å²) < 4.78 is 31.8. The first-order valence-corrected chi connectivity index (χ1v) is 10.8. The van der Waals surface area contributed by atoms with Gasteiger partial charge in [0.15, 0.2) is 0 Å². The van der Waals surface area contributed by atoms with Crippen molar-refractivity contribution in [1.29, 1.82) is 0 Å². The predicted molar refractivity (Wildman–Crippen MR) is 109 cm³/mol. The van der Waals surface area contributed by atoms with Crippen LogP contribution < -0.4 is 15.0 Å². The largest absolute Gasteiger partial charge is 0.497 e. The lowest BCUT2D eigenvalue weighted by atomic mass is 10.2. The van der Waals surface area contributed by atoms with Crippen LogP contribution in [0.15, 0.2) is 54.6 Å². The zero-order valence-corrected chi connectivity index (χ0v) is 16.7. The van der Waals surface area contributed by atoms with Gasteiger partial charge in [-0.2, -0.15) is 4.31 Å². The molecule has 0 bridgehead atoms. The molecule has 28 heavy (non-hydrogen) atoms. The van der Waals surface area contributed by atoms with E-state index in [2.05, 4.69) is 10.2 Å². The molecule has 0 spiro atoms. The molecule has 3 rings (SSSR count). The van der Waals surface area contributed by atoms with Crippen molar-refractivity contribution in [2.45, 2.75) is 0 Å². The molecule has 2 aromatic carbocycles. The molecule has 7 nitrogen and oxygen atoms in total. The number of hydrogen-bond donors (Lipinski definition) is 1. The van der Waals surface area contributed by atoms with Gasteiger partial charge in [-0.25, -0.2) is 8.42 Å². The van der Waals surface area contributed by atoms with Gasteiger partial charge in [-0.15, -0.1) is 0 Å². The molecule has 0 aliphatic carbocycles. The first-order chi connectivity index (χ1) is 13.5. The number of carbonyl (C=O) groups is 1. The minimum atomic E-state index is -3.41. The smallest absolute Gasteiger partial charge is 0.251 e. The second-order valence-corrected chi connectivity index (χ2v) is 8.61. The Morgan fingerprint density at radius 2 is 1.64 bits per heavy atom. The summed E-state index contributed by atoms with van der Waals surface area (Å²) >= 11 is 0. The number of anilines is 1. The van der Waals surface area contributed by atoms with E-state index in [0.717, 1.165) is 11.4 Å². The van der Waals surface area contributed by atoms with Crippen LogP contribution in [0.5, 0.6) is 5.75 Å². The van der Waals surface area contributed by atoms with Crippen LogP contribution in [0, 0.1) is 0 Å². The molecule has 1 aliphatic heterocycles. The number of methoxy groups -OCH3 is 1. The summed E-state index contributed by atoms with van der Waals surface area (Å²) in [6.07, 6.45) is 0. The van der Waals surface area contributed by atoms with Crippen LogP contribution in [0.1, 0.15) is 10.4 Å². The van der Waals surface area contributed by atoms with Gasteiger partial charge in [-0.3, -0.25) is 4.79 Å². The average molecular weight is 404 g/mol. The Bertz CT molecular complexity index is 877. The van der Waals surface area contributed by atoms with Crippen molar-refractivity contribution in [3.8, 4) is 5.75 Å². The standard InChI is InChI=1S/C20H25N3O4S/c1-27-19-9-7-18(8-10-19)22-12-14-23(15-13-22)28(25,26)16-11-21-20(24)17-5-3-2-4-6-17/h2-10H,11-16H2,1H3,(H,21,24). The molecule has 1 fully saturated rings. The number of hydrogen-bond acceptors (Lipinski definition) is 5. The van der Waals surface area contributed by atoms with E-state index in [-0.39, 0.29) is 18.2 Å². The highest BCUT2D eigenvalue weighted by atomic mass is 32.2. The zero-order chi connectivity index (χ0) is 20.0. The van der Waals surface area contributed by atoms with Crippen LogP contribution in [0.4, 0.5) is 5.69 Å². The van der Waals surface area contributed by atoms with E-state index in [9.17, 15) is 13.2 Å². The summed E-state index contributed by atoms with van der Waals surface area (Å²) in [6, 6.07) is 16.5. The molecule has 1 saturated heterocycles. The van der Waals surface area contributed by atoms with Gasteiger partial charge in [-0.1, -0.05) is 18.2 Å². The van der Waals surface area contributed by atoms with Gasteiger partial charge in [-0.05, 0) is 36.4 Å². The Labute approximate surface area is 166 Å². The molecule has 2 aromatic rings. The van der Waals surface area contributed by atoms with E-state index in [1.807, 2.05) is 30.3 Å². The molecule has 0 unspecified atom stereocenters. The summed E-state index contributed by atoms with van der Waals surface area (Å²) in [6.45, 7) is 2.21. The van der Waals surface area contributed by atoms with Crippen molar-refractivity contribution < 1.29 is 17.9 Å². The van der Waals surface area contributed by atoms with Crippen molar-refractivity contribution in [3.05, 3.63) is 60.2 Å². The van der Waals surface area contributed by atoms with Crippen LogP contribution in [-0.4, -0.2) is 64.2 Å². The van der Waals surface area contributed by atoms with Crippen LogP contribution in [0.25, 0.3) is 0 Å². The number of nitrogens with zero attached hydrogens (tertiary/aromatic N) is 2. The lowest BCUT2D eigenvalue weighted by molar-refractivity contribution is 0.0956. The monoisotopic (exact) mass is 403 g/mol. The Morgan fingerprint density at radius 1 is 1.00 bits per heavy atom. The number of amides is 1. The number of ether oxygens (including phenoxy) is 1. The lowest BCUT2D eigenvalue weighted by Crippen LogP contribution is -2.50. The van der Waals surface area contributed by atoms with E-state index < -0.39 is 10.0 Å². The van der Waals surface area contributed by atoms with Gasteiger partial charge in [0.2, 0.25) is 10.0 Å². The fraction of sp³-hybridized carbons (Fsp3) is 0.350. The average Bonchev–Trinajstić information content (AvgIpc) is 2.74. The van der Waals surface area contributed by atoms with Crippen molar-refractivity contribution in [3.63, 3.8) is 0 Å². The van der Waals surface area contributed by atoms with Crippen molar-refractivity contribution in [2.24, 2.45) is 0 Å². The number of rotatable bonds is 7. The zero-order valence-electron chi connectivity index (χ0n) is 15.9. The quantitative estimate of drug-likeness (QED) is 0.759. The van der Waals surface area contributed by atoms with Crippen LogP contribution >= 0.6 is 0 Å². The molecule has 150 valence electrons. The Kier molecular flexibility index (Phi) is 6.53. The Balaban J connectivity index is 1.48. The second-order valence-electron chi connectivity index (χ2n) is 6.52. The number of piperazine rings is 1. The molecule has 0 radical (unpaired) electrons. The maximum atomic E-state index is 12.6. The molecule has 8 heteroatoms. The van der Waals surface area contributed by atoms with Crippen LogP contribution in [-0.2, 0) is 10.0 Å². The topological polar surface area (TPSA) is 79.0 Å². The third kappa shape index (κ3) is 5.02. The van der Waals surface area contributed by atoms with Crippen LogP contribution in [0.3, 0.4) is 0 Å². The molecule has 1 heterocycles. The fourth-order valence-corrected chi connectivity index (χ4v) is 4.47. The van der Waals surface area contributed by atoms with Crippen LogP contribution in [0.2, 0.25) is 0 Å². The molecule has 1 N–H and O–H groups in total. The molecule has 0 aromatic heterocycles. The van der Waals surface area contributed by atoms with Gasteiger partial charge in [0.05, 0.1) is 12.9 Å². The predicted octanol–water partition coefficient (Wildman–Crippen LogP) is 1.58. The molecule has 1 amide bonds. The first kappa shape index (κ1) is 20.2. The van der Waals surface area contributed by atoms with E-state index in [0.29, 0.717) is 31.7 Å². The van der Waals surface area contributed by atoms with Gasteiger partial charge in [0, 0.05) is 44.0 Å². The minimum absolute atomic E-state index is 0.0920. The van der Waals surface area contributed by atoms with E-state index in [4.69, 9.17) is 4.74 Å². The molecular formula is C20H25N3O4S.